The zero-order valence-corrected chi connectivity index (χ0v) is 11.2. The van der Waals surface area contributed by atoms with Crippen LogP contribution in [0, 0.1) is 5.92 Å². The number of para-hydroxylation sites is 1. The van der Waals surface area contributed by atoms with Crippen molar-refractivity contribution < 1.29 is 9.53 Å². The summed E-state index contributed by atoms with van der Waals surface area (Å²) in [7, 11) is 0. The lowest BCUT2D eigenvalue weighted by atomic mass is 9.78. The minimum absolute atomic E-state index is 0.0479. The average molecular weight is 257 g/mol. The van der Waals surface area contributed by atoms with E-state index in [9.17, 15) is 4.79 Å². The molecule has 19 heavy (non-hydrogen) atoms. The molecule has 2 atom stereocenters. The molecule has 1 saturated carbocycles. The zero-order valence-electron chi connectivity index (χ0n) is 11.2. The monoisotopic (exact) mass is 257 g/mol. The molecule has 0 aromatic heterocycles. The van der Waals surface area contributed by atoms with Gasteiger partial charge >= 0.3 is 5.97 Å². The molecular weight excluding hydrogens is 238 g/mol. The molecular formula is C16H19NO2. The maximum Gasteiger partial charge on any atom is 0.311 e. The summed E-state index contributed by atoms with van der Waals surface area (Å²) < 4.78 is 5.21. The highest BCUT2D eigenvalue weighted by Gasteiger charge is 2.36. The average Bonchev–Trinajstić information content (AvgIpc) is 2.44. The van der Waals surface area contributed by atoms with Crippen LogP contribution in [0.2, 0.25) is 0 Å². The molecule has 0 amide bonds. The highest BCUT2D eigenvalue weighted by molar-refractivity contribution is 5.80. The van der Waals surface area contributed by atoms with Gasteiger partial charge in [-0.2, -0.15) is 0 Å². The first-order chi connectivity index (χ1) is 9.29. The lowest BCUT2D eigenvalue weighted by Gasteiger charge is -2.36. The molecule has 2 aliphatic rings. The van der Waals surface area contributed by atoms with Crippen molar-refractivity contribution in [3.63, 3.8) is 0 Å². The summed E-state index contributed by atoms with van der Waals surface area (Å²) in [6.45, 7) is 2.32. The third-order valence-electron chi connectivity index (χ3n) is 3.98. The van der Waals surface area contributed by atoms with E-state index in [1.807, 2.05) is 19.1 Å². The first-order valence-electron chi connectivity index (χ1n) is 7.02. The van der Waals surface area contributed by atoms with Crippen LogP contribution in [0.5, 0.6) is 0 Å². The number of anilines is 1. The minimum atomic E-state index is -0.0648. The molecule has 100 valence electrons. The molecule has 1 N–H and O–H groups in total. The van der Waals surface area contributed by atoms with Crippen molar-refractivity contribution >= 4 is 17.7 Å². The Morgan fingerprint density at radius 3 is 3.11 bits per heavy atom. The molecule has 3 rings (SSSR count). The number of fused-ring (bicyclic) bond motifs is 2. The fourth-order valence-electron chi connectivity index (χ4n) is 3.09. The molecule has 2 unspecified atom stereocenters. The number of carbonyl (C=O) groups is 1. The first-order valence-corrected chi connectivity index (χ1v) is 7.02. The van der Waals surface area contributed by atoms with E-state index in [2.05, 4.69) is 23.5 Å². The van der Waals surface area contributed by atoms with E-state index < -0.39 is 0 Å². The highest BCUT2D eigenvalue weighted by Crippen LogP contribution is 2.38. The maximum atomic E-state index is 12.1. The predicted octanol–water partition coefficient (Wildman–Crippen LogP) is 3.23. The van der Waals surface area contributed by atoms with Gasteiger partial charge in [-0.05, 0) is 43.4 Å². The second kappa shape index (κ2) is 5.08. The predicted molar refractivity (Wildman–Crippen MR) is 75.8 cm³/mol. The number of nitrogens with one attached hydrogen (secondary N) is 1. The van der Waals surface area contributed by atoms with Crippen LogP contribution in [0.15, 0.2) is 29.8 Å². The molecule has 1 aliphatic carbocycles. The molecule has 0 bridgehead atoms. The van der Waals surface area contributed by atoms with Crippen molar-refractivity contribution in [1.82, 2.24) is 0 Å². The molecule has 1 aromatic carbocycles. The van der Waals surface area contributed by atoms with E-state index in [0.717, 1.165) is 24.9 Å². The number of rotatable bonds is 2. The van der Waals surface area contributed by atoms with E-state index in [0.29, 0.717) is 6.61 Å². The van der Waals surface area contributed by atoms with Crippen LogP contribution in [0.1, 0.15) is 31.7 Å². The Bertz CT molecular complexity index is 521. The summed E-state index contributed by atoms with van der Waals surface area (Å²) >= 11 is 0. The van der Waals surface area contributed by atoms with Gasteiger partial charge in [-0.25, -0.2) is 0 Å². The molecule has 1 aromatic rings. The number of hydrogen-bond acceptors (Lipinski definition) is 3. The summed E-state index contributed by atoms with van der Waals surface area (Å²) in [6.07, 6.45) is 5.29. The normalized spacial score (nSPS) is 24.6. The Hall–Kier alpha value is -1.77. The summed E-state index contributed by atoms with van der Waals surface area (Å²) in [4.78, 5) is 12.1. The Kier molecular flexibility index (Phi) is 3.28. The molecule has 0 radical (unpaired) electrons. The van der Waals surface area contributed by atoms with Crippen LogP contribution in [-0.4, -0.2) is 18.6 Å². The molecule has 0 spiro atoms. The van der Waals surface area contributed by atoms with Gasteiger partial charge in [-0.3, -0.25) is 4.79 Å². The van der Waals surface area contributed by atoms with Crippen LogP contribution in [0.4, 0.5) is 5.69 Å². The van der Waals surface area contributed by atoms with E-state index in [-0.39, 0.29) is 17.9 Å². The first kappa shape index (κ1) is 12.3. The summed E-state index contributed by atoms with van der Waals surface area (Å²) in [5, 5.41) is 3.52. The van der Waals surface area contributed by atoms with E-state index in [1.54, 1.807) is 0 Å². The molecule has 0 saturated heterocycles. The molecule has 1 heterocycles. The van der Waals surface area contributed by atoms with Gasteiger partial charge in [0.05, 0.1) is 18.6 Å². The maximum absolute atomic E-state index is 12.1. The fourth-order valence-corrected chi connectivity index (χ4v) is 3.09. The van der Waals surface area contributed by atoms with Gasteiger partial charge in [0.2, 0.25) is 0 Å². The van der Waals surface area contributed by atoms with Crippen molar-refractivity contribution in [2.45, 2.75) is 32.2 Å². The molecule has 1 fully saturated rings. The number of carbonyl (C=O) groups excluding carboxylic acids is 1. The number of esters is 1. The number of hydrogen-bond donors (Lipinski definition) is 1. The largest absolute Gasteiger partial charge is 0.466 e. The lowest BCUT2D eigenvalue weighted by Crippen LogP contribution is -2.41. The highest BCUT2D eigenvalue weighted by atomic mass is 16.5. The van der Waals surface area contributed by atoms with Gasteiger partial charge in [0.25, 0.3) is 0 Å². The second-order valence-electron chi connectivity index (χ2n) is 5.18. The minimum Gasteiger partial charge on any atom is -0.466 e. The molecule has 1 aliphatic heterocycles. The Labute approximate surface area is 113 Å². The van der Waals surface area contributed by atoms with Gasteiger partial charge in [-0.1, -0.05) is 24.3 Å². The number of benzene rings is 1. The van der Waals surface area contributed by atoms with E-state index in [4.69, 9.17) is 4.74 Å². The molecule has 3 nitrogen and oxygen atoms in total. The van der Waals surface area contributed by atoms with Crippen molar-refractivity contribution in [3.05, 3.63) is 35.4 Å². The smallest absolute Gasteiger partial charge is 0.311 e. The van der Waals surface area contributed by atoms with Crippen molar-refractivity contribution in [1.29, 1.82) is 0 Å². The zero-order chi connectivity index (χ0) is 13.2. The van der Waals surface area contributed by atoms with Crippen molar-refractivity contribution in [3.8, 4) is 0 Å². The Balaban J connectivity index is 1.89. The van der Waals surface area contributed by atoms with Gasteiger partial charge in [0, 0.05) is 5.69 Å². The van der Waals surface area contributed by atoms with Crippen molar-refractivity contribution in [2.75, 3.05) is 11.9 Å². The molecule has 3 heteroatoms. The Morgan fingerprint density at radius 1 is 1.42 bits per heavy atom. The third kappa shape index (κ3) is 2.25. The van der Waals surface area contributed by atoms with Gasteiger partial charge in [0.1, 0.15) is 0 Å². The standard InChI is InChI=1S/C16H19NO2/c1-2-19-16(18)13-8-5-7-12-10-11-6-3-4-9-14(11)17-15(12)13/h3-4,6,9-10,13,15,17H,2,5,7-8H2,1H3. The summed E-state index contributed by atoms with van der Waals surface area (Å²) in [5.74, 6) is -0.113. The van der Waals surface area contributed by atoms with E-state index in [1.165, 1.54) is 11.1 Å². The van der Waals surface area contributed by atoms with Gasteiger partial charge < -0.3 is 10.1 Å². The van der Waals surface area contributed by atoms with Crippen LogP contribution >= 0.6 is 0 Å². The quantitative estimate of drug-likeness (QED) is 0.827. The van der Waals surface area contributed by atoms with Crippen molar-refractivity contribution in [2.24, 2.45) is 5.92 Å². The van der Waals surface area contributed by atoms with Gasteiger partial charge in [0.15, 0.2) is 0 Å². The van der Waals surface area contributed by atoms with Gasteiger partial charge in [-0.15, -0.1) is 0 Å². The lowest BCUT2D eigenvalue weighted by molar-refractivity contribution is -0.148. The van der Waals surface area contributed by atoms with Crippen LogP contribution in [-0.2, 0) is 9.53 Å². The fraction of sp³-hybridized carbons (Fsp3) is 0.438. The SMILES string of the molecule is CCOC(=O)C1CCCC2=Cc3ccccc3NC21. The van der Waals surface area contributed by atoms with E-state index >= 15 is 0 Å². The third-order valence-corrected chi connectivity index (χ3v) is 3.98. The number of ether oxygens (including phenoxy) is 1. The van der Waals surface area contributed by atoms with Crippen LogP contribution < -0.4 is 5.32 Å². The second-order valence-corrected chi connectivity index (χ2v) is 5.18. The van der Waals surface area contributed by atoms with Crippen LogP contribution in [0.3, 0.4) is 0 Å². The Morgan fingerprint density at radius 2 is 2.26 bits per heavy atom. The van der Waals surface area contributed by atoms with Crippen LogP contribution in [0.25, 0.3) is 6.08 Å². The summed E-state index contributed by atoms with van der Waals surface area (Å²) in [5.41, 5.74) is 3.67. The summed E-state index contributed by atoms with van der Waals surface area (Å²) in [6, 6.07) is 8.36. The topological polar surface area (TPSA) is 38.3 Å².